The second-order valence-electron chi connectivity index (χ2n) is 3.89. The minimum absolute atomic E-state index is 0.103. The van der Waals surface area contributed by atoms with Crippen LogP contribution in [0.1, 0.15) is 17.1 Å². The highest BCUT2D eigenvalue weighted by Gasteiger charge is 2.20. The minimum Gasteiger partial charge on any atom is -0.327 e. The molecule has 3 nitrogen and oxygen atoms in total. The van der Waals surface area contributed by atoms with Crippen molar-refractivity contribution in [3.05, 3.63) is 33.2 Å². The minimum atomic E-state index is 0.103. The highest BCUT2D eigenvalue weighted by Crippen LogP contribution is 2.40. The Morgan fingerprint density at radius 1 is 1.53 bits per heavy atom. The van der Waals surface area contributed by atoms with Crippen molar-refractivity contribution in [2.45, 2.75) is 23.1 Å². The van der Waals surface area contributed by atoms with Crippen LogP contribution >= 0.6 is 39.0 Å². The molecule has 0 aliphatic carbocycles. The number of aryl methyl sites for hydroxylation is 1. The molecule has 0 amide bonds. The van der Waals surface area contributed by atoms with Crippen molar-refractivity contribution in [3.8, 4) is 0 Å². The lowest BCUT2D eigenvalue weighted by Crippen LogP contribution is -2.21. The summed E-state index contributed by atoms with van der Waals surface area (Å²) in [6, 6.07) is 4.30. The molecule has 2 aromatic rings. The first-order chi connectivity index (χ1) is 8.06. The second kappa shape index (κ2) is 5.56. The maximum atomic E-state index is 6.08. The van der Waals surface area contributed by atoms with E-state index in [9.17, 15) is 0 Å². The van der Waals surface area contributed by atoms with Crippen molar-refractivity contribution in [2.75, 3.05) is 0 Å². The molecule has 0 saturated carbocycles. The number of aromatic nitrogens is 2. The van der Waals surface area contributed by atoms with Crippen LogP contribution in [-0.4, -0.2) is 15.8 Å². The lowest BCUT2D eigenvalue weighted by molar-refractivity contribution is 0.729. The van der Waals surface area contributed by atoms with Gasteiger partial charge in [0.15, 0.2) is 0 Å². The average Bonchev–Trinajstić information content (AvgIpc) is 2.83. The van der Waals surface area contributed by atoms with Crippen molar-refractivity contribution in [1.82, 2.24) is 9.78 Å². The molecule has 6 heteroatoms. The van der Waals surface area contributed by atoms with Gasteiger partial charge in [-0.25, -0.2) is 0 Å². The first-order valence-corrected chi connectivity index (χ1v) is 7.71. The molecule has 0 saturated heterocycles. The highest BCUT2D eigenvalue weighted by molar-refractivity contribution is 9.11. The fraction of sp³-hybridized carbons (Fsp3) is 0.364. The maximum Gasteiger partial charge on any atom is 0.0701 e. The number of nitrogens with zero attached hydrogens (tertiary/aromatic N) is 2. The second-order valence-corrected chi connectivity index (χ2v) is 7.60. The number of nitrogens with two attached hydrogens (primary N) is 1. The lowest BCUT2D eigenvalue weighted by Gasteiger charge is -2.17. The summed E-state index contributed by atoms with van der Waals surface area (Å²) in [6.07, 6.45) is 3.89. The van der Waals surface area contributed by atoms with Crippen LogP contribution in [0, 0.1) is 0 Å². The van der Waals surface area contributed by atoms with Gasteiger partial charge in [0.1, 0.15) is 0 Å². The molecule has 0 aliphatic heterocycles. The Labute approximate surface area is 118 Å². The first kappa shape index (κ1) is 13.1. The van der Waals surface area contributed by atoms with Gasteiger partial charge in [-0.15, -0.1) is 23.1 Å². The lowest BCUT2D eigenvalue weighted by atomic mass is 10.2. The van der Waals surface area contributed by atoms with Crippen LogP contribution in [0.3, 0.4) is 0 Å². The molecule has 2 rings (SSSR count). The Morgan fingerprint density at radius 3 is 2.76 bits per heavy atom. The van der Waals surface area contributed by atoms with Gasteiger partial charge in [0, 0.05) is 29.1 Å². The Kier molecular flexibility index (Phi) is 4.30. The SMILES string of the molecule is CC(N)C(Sc1cnn(C)c1)c1ccc(Br)s1. The number of halogens is 1. The molecule has 17 heavy (non-hydrogen) atoms. The summed E-state index contributed by atoms with van der Waals surface area (Å²) in [5.41, 5.74) is 6.08. The molecule has 0 fully saturated rings. The van der Waals surface area contributed by atoms with E-state index in [2.05, 4.69) is 33.2 Å². The van der Waals surface area contributed by atoms with Gasteiger partial charge in [0.25, 0.3) is 0 Å². The molecule has 0 radical (unpaired) electrons. The van der Waals surface area contributed by atoms with Gasteiger partial charge in [-0.1, -0.05) is 0 Å². The zero-order chi connectivity index (χ0) is 12.4. The van der Waals surface area contributed by atoms with Gasteiger partial charge < -0.3 is 5.73 Å². The Morgan fingerprint density at radius 2 is 2.29 bits per heavy atom. The average molecular weight is 332 g/mol. The molecular weight excluding hydrogens is 318 g/mol. The fourth-order valence-electron chi connectivity index (χ4n) is 1.51. The fourth-order valence-corrected chi connectivity index (χ4v) is 4.35. The van der Waals surface area contributed by atoms with E-state index >= 15 is 0 Å². The highest BCUT2D eigenvalue weighted by atomic mass is 79.9. The zero-order valence-corrected chi connectivity index (χ0v) is 12.8. The topological polar surface area (TPSA) is 43.8 Å². The number of rotatable bonds is 4. The van der Waals surface area contributed by atoms with Crippen molar-refractivity contribution < 1.29 is 0 Å². The van der Waals surface area contributed by atoms with Crippen LogP contribution in [0.5, 0.6) is 0 Å². The Balaban J connectivity index is 2.18. The number of hydrogen-bond acceptors (Lipinski definition) is 4. The molecule has 2 aromatic heterocycles. The number of hydrogen-bond donors (Lipinski definition) is 1. The summed E-state index contributed by atoms with van der Waals surface area (Å²) < 4.78 is 2.95. The maximum absolute atomic E-state index is 6.08. The summed E-state index contributed by atoms with van der Waals surface area (Å²) in [5.74, 6) is 0. The van der Waals surface area contributed by atoms with Gasteiger partial charge >= 0.3 is 0 Å². The van der Waals surface area contributed by atoms with Crippen molar-refractivity contribution in [3.63, 3.8) is 0 Å². The Hall–Kier alpha value is -0.300. The molecule has 2 atom stereocenters. The van der Waals surface area contributed by atoms with Crippen LogP contribution in [0.2, 0.25) is 0 Å². The molecule has 0 spiro atoms. The van der Waals surface area contributed by atoms with Gasteiger partial charge in [0.05, 0.1) is 15.2 Å². The van der Waals surface area contributed by atoms with Crippen LogP contribution in [0.25, 0.3) is 0 Å². The number of thioether (sulfide) groups is 1. The molecule has 92 valence electrons. The number of thiophene rings is 1. The van der Waals surface area contributed by atoms with Gasteiger partial charge in [0.2, 0.25) is 0 Å². The van der Waals surface area contributed by atoms with E-state index < -0.39 is 0 Å². The predicted octanol–water partition coefficient (Wildman–Crippen LogP) is 3.42. The largest absolute Gasteiger partial charge is 0.327 e. The molecule has 0 aromatic carbocycles. The predicted molar refractivity (Wildman–Crippen MR) is 77.5 cm³/mol. The van der Waals surface area contributed by atoms with Gasteiger partial charge in [-0.05, 0) is 35.0 Å². The van der Waals surface area contributed by atoms with E-state index in [1.807, 2.05) is 31.0 Å². The monoisotopic (exact) mass is 331 g/mol. The van der Waals surface area contributed by atoms with Gasteiger partial charge in [-0.3, -0.25) is 4.68 Å². The van der Waals surface area contributed by atoms with Crippen LogP contribution in [0.4, 0.5) is 0 Å². The zero-order valence-electron chi connectivity index (χ0n) is 9.63. The summed E-state index contributed by atoms with van der Waals surface area (Å²) in [7, 11) is 1.92. The van der Waals surface area contributed by atoms with Crippen LogP contribution in [-0.2, 0) is 7.05 Å². The summed E-state index contributed by atoms with van der Waals surface area (Å²) in [6.45, 7) is 2.04. The van der Waals surface area contributed by atoms with E-state index in [0.717, 1.165) is 8.68 Å². The van der Waals surface area contributed by atoms with E-state index in [-0.39, 0.29) is 11.3 Å². The molecule has 2 unspecified atom stereocenters. The third kappa shape index (κ3) is 3.34. The third-order valence-corrected chi connectivity index (χ3v) is 5.57. The quantitative estimate of drug-likeness (QED) is 0.873. The van der Waals surface area contributed by atoms with E-state index in [1.54, 1.807) is 23.1 Å². The van der Waals surface area contributed by atoms with Crippen LogP contribution in [0.15, 0.2) is 33.2 Å². The summed E-state index contributed by atoms with van der Waals surface area (Å²) >= 11 is 7.00. The molecular formula is C11H14BrN3S2. The smallest absolute Gasteiger partial charge is 0.0701 e. The first-order valence-electron chi connectivity index (χ1n) is 5.22. The van der Waals surface area contributed by atoms with Gasteiger partial charge in [-0.2, -0.15) is 5.10 Å². The molecule has 0 aliphatic rings. The third-order valence-electron chi connectivity index (χ3n) is 2.30. The normalized spacial score (nSPS) is 14.8. The molecule has 2 heterocycles. The van der Waals surface area contributed by atoms with E-state index in [4.69, 9.17) is 5.73 Å². The van der Waals surface area contributed by atoms with Crippen molar-refractivity contribution >= 4 is 39.0 Å². The van der Waals surface area contributed by atoms with E-state index in [0.29, 0.717) is 0 Å². The van der Waals surface area contributed by atoms with E-state index in [1.165, 1.54) is 4.88 Å². The Bertz CT molecular complexity index is 492. The van der Waals surface area contributed by atoms with Crippen molar-refractivity contribution in [2.24, 2.45) is 12.8 Å². The van der Waals surface area contributed by atoms with Crippen molar-refractivity contribution in [1.29, 1.82) is 0 Å². The summed E-state index contributed by atoms with van der Waals surface area (Å²) in [4.78, 5) is 2.44. The molecule has 2 N–H and O–H groups in total. The summed E-state index contributed by atoms with van der Waals surface area (Å²) in [5, 5.41) is 4.45. The van der Waals surface area contributed by atoms with Crippen LogP contribution < -0.4 is 5.73 Å². The standard InChI is InChI=1S/C11H14BrN3S2/c1-7(13)11(9-3-4-10(12)17-9)16-8-5-14-15(2)6-8/h3-7,11H,13H2,1-2H3. The molecule has 0 bridgehead atoms.